The van der Waals surface area contributed by atoms with Crippen molar-refractivity contribution in [1.82, 2.24) is 4.98 Å². The Bertz CT molecular complexity index is 1020. The number of benzene rings is 2. The van der Waals surface area contributed by atoms with E-state index >= 15 is 0 Å². The van der Waals surface area contributed by atoms with Crippen LogP contribution in [0.3, 0.4) is 0 Å². The highest BCUT2D eigenvalue weighted by atomic mass is 19.4. The maximum atomic E-state index is 12.7. The van der Waals surface area contributed by atoms with Gasteiger partial charge in [0.25, 0.3) is 0 Å². The summed E-state index contributed by atoms with van der Waals surface area (Å²) < 4.78 is 38.0. The number of fused-ring (bicyclic) bond motifs is 1. The van der Waals surface area contributed by atoms with Crippen LogP contribution in [0, 0.1) is 11.8 Å². The number of hydrogen-bond donors (Lipinski definition) is 2. The highest BCUT2D eigenvalue weighted by Gasteiger charge is 2.30. The van der Waals surface area contributed by atoms with Crippen molar-refractivity contribution in [2.75, 3.05) is 5.32 Å². The number of aromatic nitrogens is 1. The fourth-order valence-corrected chi connectivity index (χ4v) is 4.25. The van der Waals surface area contributed by atoms with Crippen LogP contribution in [0.4, 0.5) is 18.9 Å². The molecule has 5 heteroatoms. The van der Waals surface area contributed by atoms with Gasteiger partial charge in [-0.15, -0.1) is 0 Å². The van der Waals surface area contributed by atoms with Crippen LogP contribution in [0.5, 0.6) is 0 Å². The summed E-state index contributed by atoms with van der Waals surface area (Å²) in [6.45, 7) is 6.49. The zero-order chi connectivity index (χ0) is 21.3. The number of aromatic amines is 1. The molecule has 0 amide bonds. The lowest BCUT2D eigenvalue weighted by atomic mass is 9.74. The van der Waals surface area contributed by atoms with Crippen LogP contribution < -0.4 is 5.32 Å². The molecule has 2 N–H and O–H groups in total. The lowest BCUT2D eigenvalue weighted by molar-refractivity contribution is -0.137. The maximum Gasteiger partial charge on any atom is 0.416 e. The number of halogens is 3. The number of anilines is 1. The van der Waals surface area contributed by atoms with Gasteiger partial charge in [0.05, 0.1) is 11.3 Å². The van der Waals surface area contributed by atoms with Crippen LogP contribution in [0.1, 0.15) is 42.9 Å². The molecule has 0 atom stereocenters. The van der Waals surface area contributed by atoms with Crippen molar-refractivity contribution in [1.29, 1.82) is 0 Å². The SMILES string of the molecule is C=C(Nc1c[nH]c2ccc(CCCc3ccc(C(F)(F)F)cc3)cc12)C1CC(C)C1. The molecule has 3 aromatic rings. The molecule has 0 unspecified atom stereocenters. The molecule has 1 aliphatic carbocycles. The van der Waals surface area contributed by atoms with E-state index in [0.29, 0.717) is 5.92 Å². The molecule has 1 fully saturated rings. The Kier molecular flexibility index (Phi) is 5.63. The Morgan fingerprint density at radius 3 is 2.40 bits per heavy atom. The van der Waals surface area contributed by atoms with Crippen molar-refractivity contribution >= 4 is 16.6 Å². The molecule has 2 nitrogen and oxygen atoms in total. The monoisotopic (exact) mass is 412 g/mol. The van der Waals surface area contributed by atoms with E-state index < -0.39 is 11.7 Å². The van der Waals surface area contributed by atoms with E-state index in [4.69, 9.17) is 0 Å². The third-order valence-corrected chi connectivity index (χ3v) is 6.12. The number of aryl methyl sites for hydroxylation is 2. The summed E-state index contributed by atoms with van der Waals surface area (Å²) in [6.07, 6.45) is 2.62. The second-order valence-electron chi connectivity index (χ2n) is 8.55. The molecule has 4 rings (SSSR count). The van der Waals surface area contributed by atoms with Crippen molar-refractivity contribution in [3.05, 3.63) is 77.6 Å². The summed E-state index contributed by atoms with van der Waals surface area (Å²) in [5, 5.41) is 4.65. The molecule has 0 bridgehead atoms. The lowest BCUT2D eigenvalue weighted by Gasteiger charge is -2.34. The number of rotatable bonds is 7. The first-order chi connectivity index (χ1) is 14.3. The zero-order valence-electron chi connectivity index (χ0n) is 17.2. The van der Waals surface area contributed by atoms with Crippen LogP contribution in [0.15, 0.2) is 60.9 Å². The van der Waals surface area contributed by atoms with Crippen LogP contribution in [0.25, 0.3) is 10.9 Å². The molecule has 0 radical (unpaired) electrons. The summed E-state index contributed by atoms with van der Waals surface area (Å²) in [4.78, 5) is 3.31. The molecule has 0 spiro atoms. The van der Waals surface area contributed by atoms with E-state index in [2.05, 4.69) is 42.0 Å². The van der Waals surface area contributed by atoms with E-state index in [-0.39, 0.29) is 0 Å². The minimum Gasteiger partial charge on any atom is -0.359 e. The normalized spacial score (nSPS) is 18.9. The largest absolute Gasteiger partial charge is 0.416 e. The van der Waals surface area contributed by atoms with Gasteiger partial charge in [0, 0.05) is 22.8 Å². The molecule has 30 heavy (non-hydrogen) atoms. The summed E-state index contributed by atoms with van der Waals surface area (Å²) in [7, 11) is 0. The number of hydrogen-bond acceptors (Lipinski definition) is 1. The van der Waals surface area contributed by atoms with Crippen molar-refractivity contribution in [2.45, 2.75) is 45.2 Å². The van der Waals surface area contributed by atoms with E-state index in [9.17, 15) is 13.2 Å². The van der Waals surface area contributed by atoms with Crippen LogP contribution in [-0.4, -0.2) is 4.98 Å². The fraction of sp³-hybridized carbons (Fsp3) is 0.360. The molecular weight excluding hydrogens is 385 g/mol. The van der Waals surface area contributed by atoms with Gasteiger partial charge < -0.3 is 10.3 Å². The number of alkyl halides is 3. The van der Waals surface area contributed by atoms with E-state index in [0.717, 1.165) is 65.2 Å². The van der Waals surface area contributed by atoms with Crippen molar-refractivity contribution < 1.29 is 13.2 Å². The van der Waals surface area contributed by atoms with Gasteiger partial charge in [0.1, 0.15) is 0 Å². The topological polar surface area (TPSA) is 27.8 Å². The molecule has 2 aromatic carbocycles. The van der Waals surface area contributed by atoms with Gasteiger partial charge in [-0.1, -0.05) is 31.7 Å². The second-order valence-corrected chi connectivity index (χ2v) is 8.55. The predicted octanol–water partition coefficient (Wildman–Crippen LogP) is 7.33. The van der Waals surface area contributed by atoms with Crippen LogP contribution in [0.2, 0.25) is 0 Å². The van der Waals surface area contributed by atoms with Crippen molar-refractivity contribution in [2.24, 2.45) is 11.8 Å². The average Bonchev–Trinajstić information content (AvgIpc) is 3.07. The van der Waals surface area contributed by atoms with Crippen molar-refractivity contribution in [3.63, 3.8) is 0 Å². The lowest BCUT2D eigenvalue weighted by Crippen LogP contribution is -2.25. The third kappa shape index (κ3) is 4.55. The predicted molar refractivity (Wildman–Crippen MR) is 116 cm³/mol. The Hall–Kier alpha value is -2.69. The first kappa shape index (κ1) is 20.6. The molecular formula is C25H27F3N2. The van der Waals surface area contributed by atoms with Crippen LogP contribution >= 0.6 is 0 Å². The Labute approximate surface area is 175 Å². The van der Waals surface area contributed by atoms with Crippen molar-refractivity contribution in [3.8, 4) is 0 Å². The third-order valence-electron chi connectivity index (χ3n) is 6.12. The van der Waals surface area contributed by atoms with Gasteiger partial charge in [-0.25, -0.2) is 0 Å². The molecule has 0 aliphatic heterocycles. The van der Waals surface area contributed by atoms with E-state index in [1.165, 1.54) is 18.4 Å². The highest BCUT2D eigenvalue weighted by Crippen LogP contribution is 2.38. The number of allylic oxidation sites excluding steroid dienone is 1. The minimum atomic E-state index is -4.28. The first-order valence-corrected chi connectivity index (χ1v) is 10.5. The van der Waals surface area contributed by atoms with Gasteiger partial charge in [-0.05, 0) is 79.3 Å². The van der Waals surface area contributed by atoms with Gasteiger partial charge in [0.15, 0.2) is 0 Å². The molecule has 0 saturated heterocycles. The standard InChI is InChI=1S/C25H27F3N2/c1-16-12-20(13-16)17(2)30-24-15-29-23-11-8-19(14-22(23)24)5-3-4-18-6-9-21(10-7-18)25(26,27)28/h6-11,14-16,20,29-30H,2-5,12-13H2,1H3. The zero-order valence-corrected chi connectivity index (χ0v) is 17.2. The minimum absolute atomic E-state index is 0.553. The molecule has 1 aliphatic rings. The molecule has 1 saturated carbocycles. The Balaban J connectivity index is 1.37. The Morgan fingerprint density at radius 1 is 1.07 bits per heavy atom. The number of H-pyrrole nitrogens is 1. The van der Waals surface area contributed by atoms with Gasteiger partial charge >= 0.3 is 6.18 Å². The van der Waals surface area contributed by atoms with E-state index in [1.807, 2.05) is 6.20 Å². The molecule has 1 aromatic heterocycles. The summed E-state index contributed by atoms with van der Waals surface area (Å²) in [6, 6.07) is 11.9. The summed E-state index contributed by atoms with van der Waals surface area (Å²) in [5.41, 5.74) is 4.78. The summed E-state index contributed by atoms with van der Waals surface area (Å²) in [5.74, 6) is 1.34. The molecule has 158 valence electrons. The fourth-order valence-electron chi connectivity index (χ4n) is 4.25. The molecule has 1 heterocycles. The second kappa shape index (κ2) is 8.21. The quantitative estimate of drug-likeness (QED) is 0.418. The van der Waals surface area contributed by atoms with Gasteiger partial charge in [0.2, 0.25) is 0 Å². The number of nitrogens with one attached hydrogen (secondary N) is 2. The Morgan fingerprint density at radius 2 is 1.73 bits per heavy atom. The van der Waals surface area contributed by atoms with Crippen LogP contribution in [-0.2, 0) is 19.0 Å². The smallest absolute Gasteiger partial charge is 0.359 e. The maximum absolute atomic E-state index is 12.7. The van der Waals surface area contributed by atoms with Gasteiger partial charge in [-0.3, -0.25) is 0 Å². The average molecular weight is 412 g/mol. The summed E-state index contributed by atoms with van der Waals surface area (Å²) >= 11 is 0. The van der Waals surface area contributed by atoms with E-state index in [1.54, 1.807) is 12.1 Å². The first-order valence-electron chi connectivity index (χ1n) is 10.5. The highest BCUT2D eigenvalue weighted by molar-refractivity contribution is 5.93. The van der Waals surface area contributed by atoms with Gasteiger partial charge in [-0.2, -0.15) is 13.2 Å².